The average Bonchev–Trinajstić information content (AvgIpc) is 2.98. The fourth-order valence-corrected chi connectivity index (χ4v) is 2.15. The lowest BCUT2D eigenvalue weighted by atomic mass is 10.3. The summed E-state index contributed by atoms with van der Waals surface area (Å²) < 4.78 is 26.9. The summed E-state index contributed by atoms with van der Waals surface area (Å²) in [5.74, 6) is 0.659. The number of anilines is 2. The van der Waals surface area contributed by atoms with Crippen molar-refractivity contribution in [1.82, 2.24) is 29.8 Å². The van der Waals surface area contributed by atoms with Crippen molar-refractivity contribution in [3.05, 3.63) is 35.9 Å². The third-order valence-corrected chi connectivity index (χ3v) is 3.37. The number of alkyl halides is 2. The third kappa shape index (κ3) is 3.07. The number of rotatable bonds is 5. The average molecular weight is 334 g/mol. The second-order valence-corrected chi connectivity index (χ2v) is 5.46. The van der Waals surface area contributed by atoms with Gasteiger partial charge in [-0.2, -0.15) is 4.52 Å². The van der Waals surface area contributed by atoms with Gasteiger partial charge in [-0.25, -0.2) is 18.7 Å². The third-order valence-electron chi connectivity index (χ3n) is 3.37. The van der Waals surface area contributed by atoms with Gasteiger partial charge in [0.05, 0.1) is 0 Å². The lowest BCUT2D eigenvalue weighted by Gasteiger charge is -2.18. The Morgan fingerprint density at radius 2 is 1.79 bits per heavy atom. The van der Waals surface area contributed by atoms with Gasteiger partial charge in [0.15, 0.2) is 5.65 Å². The van der Waals surface area contributed by atoms with Crippen LogP contribution in [0.25, 0.3) is 5.65 Å². The van der Waals surface area contributed by atoms with Crippen molar-refractivity contribution in [2.75, 3.05) is 30.9 Å². The van der Waals surface area contributed by atoms with Crippen molar-refractivity contribution in [3.63, 3.8) is 0 Å². The molecule has 0 atom stereocenters. The summed E-state index contributed by atoms with van der Waals surface area (Å²) in [6.07, 6.45) is 0.710. The summed E-state index contributed by atoms with van der Waals surface area (Å²) in [5, 5.41) is 11.3. The maximum atomic E-state index is 12.9. The zero-order chi connectivity index (χ0) is 17.3. The van der Waals surface area contributed by atoms with E-state index in [1.807, 2.05) is 19.0 Å². The number of hydrogen-bond acceptors (Lipinski definition) is 7. The maximum absolute atomic E-state index is 12.9. The van der Waals surface area contributed by atoms with Crippen LogP contribution >= 0.6 is 0 Å². The van der Waals surface area contributed by atoms with E-state index in [1.54, 1.807) is 36.5 Å². The topological polar surface area (TPSA) is 75.3 Å². The Hall–Kier alpha value is -2.91. The SMILES string of the molecule is CN(C)c1ncc(CN(C)c2ccc3nnc(C(F)F)n3n2)cn1. The zero-order valence-corrected chi connectivity index (χ0v) is 13.4. The van der Waals surface area contributed by atoms with E-state index >= 15 is 0 Å². The van der Waals surface area contributed by atoms with Crippen LogP contribution in [0.1, 0.15) is 17.8 Å². The van der Waals surface area contributed by atoms with E-state index in [-0.39, 0.29) is 5.65 Å². The van der Waals surface area contributed by atoms with Crippen molar-refractivity contribution < 1.29 is 8.78 Å². The Balaban J connectivity index is 1.82. The van der Waals surface area contributed by atoms with E-state index in [0.717, 1.165) is 10.1 Å². The Kier molecular flexibility index (Phi) is 4.19. The molecule has 3 aromatic heterocycles. The Morgan fingerprint density at radius 3 is 2.42 bits per heavy atom. The van der Waals surface area contributed by atoms with Gasteiger partial charge in [0, 0.05) is 45.6 Å². The van der Waals surface area contributed by atoms with Crippen LogP contribution < -0.4 is 9.80 Å². The number of halogens is 2. The van der Waals surface area contributed by atoms with Gasteiger partial charge in [0.25, 0.3) is 6.43 Å². The molecule has 0 saturated carbocycles. The quantitative estimate of drug-likeness (QED) is 0.701. The van der Waals surface area contributed by atoms with Crippen LogP contribution in [-0.4, -0.2) is 50.9 Å². The fraction of sp³-hybridized carbons (Fsp3) is 0.357. The molecule has 10 heteroatoms. The van der Waals surface area contributed by atoms with Crippen molar-refractivity contribution in [3.8, 4) is 0 Å². The summed E-state index contributed by atoms with van der Waals surface area (Å²) in [5.41, 5.74) is 1.16. The lowest BCUT2D eigenvalue weighted by Crippen LogP contribution is -2.20. The van der Waals surface area contributed by atoms with Gasteiger partial charge in [0.2, 0.25) is 11.8 Å². The fourth-order valence-electron chi connectivity index (χ4n) is 2.15. The van der Waals surface area contributed by atoms with Crippen LogP contribution in [0, 0.1) is 0 Å². The number of aromatic nitrogens is 6. The van der Waals surface area contributed by atoms with Crippen LogP contribution in [0.3, 0.4) is 0 Å². The highest BCUT2D eigenvalue weighted by Crippen LogP contribution is 2.19. The largest absolute Gasteiger partial charge is 0.354 e. The molecule has 0 radical (unpaired) electrons. The van der Waals surface area contributed by atoms with Crippen LogP contribution in [0.2, 0.25) is 0 Å². The van der Waals surface area contributed by atoms with Gasteiger partial charge < -0.3 is 9.80 Å². The first-order valence-corrected chi connectivity index (χ1v) is 7.15. The molecule has 0 aromatic carbocycles. The van der Waals surface area contributed by atoms with Crippen molar-refractivity contribution in [1.29, 1.82) is 0 Å². The summed E-state index contributed by atoms with van der Waals surface area (Å²) in [7, 11) is 5.53. The molecule has 0 amide bonds. The van der Waals surface area contributed by atoms with Crippen LogP contribution in [-0.2, 0) is 6.54 Å². The molecule has 3 rings (SSSR count). The summed E-state index contributed by atoms with van der Waals surface area (Å²) in [6, 6.07) is 3.30. The molecule has 0 spiro atoms. The van der Waals surface area contributed by atoms with E-state index in [4.69, 9.17) is 0 Å². The molecule has 0 bridgehead atoms. The zero-order valence-electron chi connectivity index (χ0n) is 13.4. The minimum Gasteiger partial charge on any atom is -0.354 e. The monoisotopic (exact) mass is 334 g/mol. The van der Waals surface area contributed by atoms with Gasteiger partial charge in [0.1, 0.15) is 5.82 Å². The number of hydrogen-bond donors (Lipinski definition) is 0. The lowest BCUT2D eigenvalue weighted by molar-refractivity contribution is 0.137. The molecule has 8 nitrogen and oxygen atoms in total. The molecule has 0 aliphatic heterocycles. The smallest absolute Gasteiger partial charge is 0.299 e. The standard InChI is InChI=1S/C14H16F2N8/c1-22(2)14-17-6-9(7-18-14)8-23(3)11-5-4-10-19-20-13(12(15)16)24(10)21-11/h4-7,12H,8H2,1-3H3. The summed E-state index contributed by atoms with van der Waals surface area (Å²) in [6.45, 7) is 0.484. The molecule has 0 aliphatic rings. The highest BCUT2D eigenvalue weighted by molar-refractivity contribution is 5.45. The number of nitrogens with zero attached hydrogens (tertiary/aromatic N) is 8. The Bertz CT molecular complexity index is 830. The molecular formula is C14H16F2N8. The predicted molar refractivity (Wildman–Crippen MR) is 84.2 cm³/mol. The minimum atomic E-state index is -2.74. The van der Waals surface area contributed by atoms with Gasteiger partial charge in [-0.15, -0.1) is 15.3 Å². The van der Waals surface area contributed by atoms with E-state index in [1.165, 1.54) is 0 Å². The second kappa shape index (κ2) is 6.30. The molecule has 0 unspecified atom stereocenters. The summed E-state index contributed by atoms with van der Waals surface area (Å²) >= 11 is 0. The van der Waals surface area contributed by atoms with Crippen LogP contribution in [0.4, 0.5) is 20.5 Å². The molecule has 0 aliphatic carbocycles. The molecule has 0 N–H and O–H groups in total. The first-order chi connectivity index (χ1) is 11.5. The molecule has 3 aromatic rings. The second-order valence-electron chi connectivity index (χ2n) is 5.46. The van der Waals surface area contributed by atoms with Gasteiger partial charge in [-0.1, -0.05) is 0 Å². The van der Waals surface area contributed by atoms with E-state index in [9.17, 15) is 8.78 Å². The number of fused-ring (bicyclic) bond motifs is 1. The molecule has 0 fully saturated rings. The van der Waals surface area contributed by atoms with Gasteiger partial charge in [-0.05, 0) is 12.1 Å². The van der Waals surface area contributed by atoms with E-state index in [2.05, 4.69) is 25.3 Å². The van der Waals surface area contributed by atoms with E-state index in [0.29, 0.717) is 18.3 Å². The Labute approximate surface area is 136 Å². The highest BCUT2D eigenvalue weighted by atomic mass is 19.3. The van der Waals surface area contributed by atoms with Crippen LogP contribution in [0.15, 0.2) is 24.5 Å². The van der Waals surface area contributed by atoms with Gasteiger partial charge >= 0.3 is 0 Å². The van der Waals surface area contributed by atoms with Crippen LogP contribution in [0.5, 0.6) is 0 Å². The van der Waals surface area contributed by atoms with Crippen molar-refractivity contribution in [2.24, 2.45) is 0 Å². The molecule has 3 heterocycles. The van der Waals surface area contributed by atoms with E-state index < -0.39 is 12.2 Å². The van der Waals surface area contributed by atoms with Crippen molar-refractivity contribution in [2.45, 2.75) is 13.0 Å². The molecule has 24 heavy (non-hydrogen) atoms. The molecule has 126 valence electrons. The predicted octanol–water partition coefficient (Wildman–Crippen LogP) is 1.55. The highest BCUT2D eigenvalue weighted by Gasteiger charge is 2.17. The Morgan fingerprint density at radius 1 is 1.08 bits per heavy atom. The normalized spacial score (nSPS) is 11.2. The molecular weight excluding hydrogens is 318 g/mol. The first-order valence-electron chi connectivity index (χ1n) is 7.15. The van der Waals surface area contributed by atoms with Gasteiger partial charge in [-0.3, -0.25) is 0 Å². The first kappa shape index (κ1) is 16.0. The minimum absolute atomic E-state index is 0.279. The maximum Gasteiger partial charge on any atom is 0.299 e. The van der Waals surface area contributed by atoms with Crippen molar-refractivity contribution >= 4 is 17.4 Å². The molecule has 0 saturated heterocycles. The summed E-state index contributed by atoms with van der Waals surface area (Å²) in [4.78, 5) is 12.1.